The number of aromatic nitrogens is 4. The first-order valence-electron chi connectivity index (χ1n) is 4.81. The molecule has 72 valence electrons. The summed E-state index contributed by atoms with van der Waals surface area (Å²) in [7, 11) is 0. The molecule has 1 aliphatic carbocycles. The normalized spacial score (nSPS) is 17.1. The summed E-state index contributed by atoms with van der Waals surface area (Å²) in [4.78, 5) is 8.43. The van der Waals surface area contributed by atoms with Crippen molar-refractivity contribution < 1.29 is 0 Å². The number of nitrogen functional groups attached to an aromatic ring is 1. The maximum absolute atomic E-state index is 5.76. The van der Waals surface area contributed by atoms with Crippen molar-refractivity contribution in [3.63, 3.8) is 0 Å². The van der Waals surface area contributed by atoms with Crippen molar-refractivity contribution in [3.8, 4) is 0 Å². The molecule has 0 atom stereocenters. The lowest BCUT2D eigenvalue weighted by Crippen LogP contribution is -2.18. The van der Waals surface area contributed by atoms with Gasteiger partial charge < -0.3 is 5.73 Å². The third-order valence-electron chi connectivity index (χ3n) is 2.77. The van der Waals surface area contributed by atoms with Crippen molar-refractivity contribution in [1.29, 1.82) is 0 Å². The molecule has 2 aromatic heterocycles. The second-order valence-electron chi connectivity index (χ2n) is 3.64. The first kappa shape index (κ1) is 7.73. The number of rotatable bonds is 1. The van der Waals surface area contributed by atoms with E-state index in [4.69, 9.17) is 5.73 Å². The third-order valence-corrected chi connectivity index (χ3v) is 2.77. The van der Waals surface area contributed by atoms with Crippen molar-refractivity contribution in [2.24, 2.45) is 0 Å². The van der Waals surface area contributed by atoms with Crippen LogP contribution in [0, 0.1) is 0 Å². The van der Waals surface area contributed by atoms with Crippen LogP contribution in [0.5, 0.6) is 0 Å². The molecule has 0 unspecified atom stereocenters. The zero-order valence-electron chi connectivity index (χ0n) is 7.72. The summed E-state index contributed by atoms with van der Waals surface area (Å²) in [6, 6.07) is 0.478. The molecule has 0 aromatic carbocycles. The zero-order chi connectivity index (χ0) is 9.54. The van der Waals surface area contributed by atoms with Crippen molar-refractivity contribution in [2.45, 2.75) is 25.3 Å². The van der Waals surface area contributed by atoms with E-state index in [0.717, 1.165) is 11.2 Å². The molecule has 2 N–H and O–H groups in total. The zero-order valence-corrected chi connectivity index (χ0v) is 7.72. The second-order valence-corrected chi connectivity index (χ2v) is 3.64. The Kier molecular flexibility index (Phi) is 1.47. The molecule has 5 heteroatoms. The Hall–Kier alpha value is -1.65. The fraction of sp³-hybridized carbons (Fsp3) is 0.444. The van der Waals surface area contributed by atoms with E-state index in [1.54, 1.807) is 12.4 Å². The van der Waals surface area contributed by atoms with Crippen LogP contribution < -0.4 is 5.73 Å². The highest BCUT2D eigenvalue weighted by Gasteiger charge is 2.23. The molecule has 14 heavy (non-hydrogen) atoms. The summed E-state index contributed by atoms with van der Waals surface area (Å²) in [5, 5.41) is 4.28. The topological polar surface area (TPSA) is 69.6 Å². The van der Waals surface area contributed by atoms with Crippen LogP contribution in [0.3, 0.4) is 0 Å². The van der Waals surface area contributed by atoms with E-state index in [1.165, 1.54) is 19.3 Å². The maximum Gasteiger partial charge on any atom is 0.179 e. The van der Waals surface area contributed by atoms with Crippen molar-refractivity contribution in [3.05, 3.63) is 12.4 Å². The minimum absolute atomic E-state index is 0.478. The molecule has 0 radical (unpaired) electrons. The van der Waals surface area contributed by atoms with Crippen LogP contribution in [-0.4, -0.2) is 19.7 Å². The lowest BCUT2D eigenvalue weighted by atomic mass is 9.93. The van der Waals surface area contributed by atoms with Gasteiger partial charge in [-0.05, 0) is 19.3 Å². The molecule has 0 saturated heterocycles. The molecular weight excluding hydrogens is 178 g/mol. The number of anilines is 1. The van der Waals surface area contributed by atoms with Gasteiger partial charge in [-0.15, -0.1) is 0 Å². The average Bonchev–Trinajstić information content (AvgIpc) is 2.43. The van der Waals surface area contributed by atoms with Crippen molar-refractivity contribution in [2.75, 3.05) is 5.73 Å². The van der Waals surface area contributed by atoms with E-state index in [9.17, 15) is 0 Å². The largest absolute Gasteiger partial charge is 0.380 e. The Balaban J connectivity index is 2.23. The lowest BCUT2D eigenvalue weighted by molar-refractivity contribution is 0.296. The maximum atomic E-state index is 5.76. The molecule has 1 saturated carbocycles. The van der Waals surface area contributed by atoms with Gasteiger partial charge in [0.25, 0.3) is 0 Å². The van der Waals surface area contributed by atoms with Crippen LogP contribution in [-0.2, 0) is 0 Å². The molecule has 2 aromatic rings. The predicted molar refractivity (Wildman–Crippen MR) is 52.6 cm³/mol. The Morgan fingerprint density at radius 2 is 2.07 bits per heavy atom. The van der Waals surface area contributed by atoms with Crippen LogP contribution in [0.2, 0.25) is 0 Å². The number of hydrogen-bond acceptors (Lipinski definition) is 4. The van der Waals surface area contributed by atoms with E-state index >= 15 is 0 Å². The van der Waals surface area contributed by atoms with Crippen LogP contribution >= 0.6 is 0 Å². The summed E-state index contributed by atoms with van der Waals surface area (Å²) < 4.78 is 1.92. The van der Waals surface area contributed by atoms with Gasteiger partial charge in [-0.1, -0.05) is 0 Å². The minimum atomic E-state index is 0.478. The van der Waals surface area contributed by atoms with Crippen LogP contribution in [0.1, 0.15) is 25.3 Å². The molecule has 0 amide bonds. The number of fused-ring (bicyclic) bond motifs is 1. The molecular formula is C9H11N5. The van der Waals surface area contributed by atoms with E-state index < -0.39 is 0 Å². The van der Waals surface area contributed by atoms with Gasteiger partial charge in [0.05, 0.1) is 6.04 Å². The summed E-state index contributed by atoms with van der Waals surface area (Å²) in [6.07, 6.45) is 6.94. The first-order valence-corrected chi connectivity index (χ1v) is 4.81. The molecule has 0 bridgehead atoms. The summed E-state index contributed by atoms with van der Waals surface area (Å²) in [5.74, 6) is 0.486. The standard InChI is InChI=1S/C9H11N5/c10-8-7-9(12-5-4-11-7)14(13-8)6-2-1-3-6/h4-6H,1-3H2,(H2,10,13). The minimum Gasteiger partial charge on any atom is -0.380 e. The second kappa shape index (κ2) is 2.67. The van der Waals surface area contributed by atoms with E-state index in [0.29, 0.717) is 11.9 Å². The van der Waals surface area contributed by atoms with Gasteiger partial charge in [0.1, 0.15) is 0 Å². The van der Waals surface area contributed by atoms with Crippen LogP contribution in [0.4, 0.5) is 5.82 Å². The highest BCUT2D eigenvalue weighted by atomic mass is 15.3. The molecule has 3 rings (SSSR count). The highest BCUT2D eigenvalue weighted by Crippen LogP contribution is 2.33. The molecule has 1 aliphatic rings. The van der Waals surface area contributed by atoms with Crippen molar-refractivity contribution in [1.82, 2.24) is 19.7 Å². The predicted octanol–water partition coefficient (Wildman–Crippen LogP) is 1.13. The van der Waals surface area contributed by atoms with Gasteiger partial charge in [0.15, 0.2) is 17.0 Å². The fourth-order valence-electron chi connectivity index (χ4n) is 1.78. The van der Waals surface area contributed by atoms with Crippen LogP contribution in [0.15, 0.2) is 12.4 Å². The fourth-order valence-corrected chi connectivity index (χ4v) is 1.78. The van der Waals surface area contributed by atoms with E-state index in [2.05, 4.69) is 15.1 Å². The SMILES string of the molecule is Nc1nn(C2CCC2)c2nccnc12. The van der Waals surface area contributed by atoms with Crippen molar-refractivity contribution >= 4 is 17.0 Å². The summed E-state index contributed by atoms with van der Waals surface area (Å²) in [5.41, 5.74) is 7.30. The number of nitrogens with two attached hydrogens (primary N) is 1. The van der Waals surface area contributed by atoms with Gasteiger partial charge in [-0.2, -0.15) is 5.10 Å². The Morgan fingerprint density at radius 3 is 2.79 bits per heavy atom. The van der Waals surface area contributed by atoms with Gasteiger partial charge in [-0.25, -0.2) is 14.6 Å². The quantitative estimate of drug-likeness (QED) is 0.730. The van der Waals surface area contributed by atoms with Gasteiger partial charge >= 0.3 is 0 Å². The van der Waals surface area contributed by atoms with E-state index in [1.807, 2.05) is 4.68 Å². The Labute approximate surface area is 81.0 Å². The third kappa shape index (κ3) is 0.921. The highest BCUT2D eigenvalue weighted by molar-refractivity contribution is 5.81. The summed E-state index contributed by atoms with van der Waals surface area (Å²) in [6.45, 7) is 0. The van der Waals surface area contributed by atoms with Crippen LogP contribution in [0.25, 0.3) is 11.2 Å². The number of nitrogens with zero attached hydrogens (tertiary/aromatic N) is 4. The molecule has 0 aliphatic heterocycles. The van der Waals surface area contributed by atoms with Gasteiger partial charge in [-0.3, -0.25) is 0 Å². The molecule has 1 fully saturated rings. The molecule has 0 spiro atoms. The van der Waals surface area contributed by atoms with E-state index in [-0.39, 0.29) is 0 Å². The van der Waals surface area contributed by atoms with Gasteiger partial charge in [0, 0.05) is 12.4 Å². The molecule has 5 nitrogen and oxygen atoms in total. The van der Waals surface area contributed by atoms with Gasteiger partial charge in [0.2, 0.25) is 0 Å². The first-order chi connectivity index (χ1) is 6.86. The summed E-state index contributed by atoms with van der Waals surface area (Å²) >= 11 is 0. The smallest absolute Gasteiger partial charge is 0.179 e. The number of hydrogen-bond donors (Lipinski definition) is 1. The Bertz CT molecular complexity index is 471. The molecule has 2 heterocycles. The Morgan fingerprint density at radius 1 is 1.29 bits per heavy atom. The lowest BCUT2D eigenvalue weighted by Gasteiger charge is -2.25. The monoisotopic (exact) mass is 189 g/mol. The average molecular weight is 189 g/mol.